The molecule has 0 heterocycles. The lowest BCUT2D eigenvalue weighted by molar-refractivity contribution is -0.139. The maximum absolute atomic E-state index is 12.6. The number of likely N-dealkylation sites (N-methyl/N-ethyl adjacent to an activating group) is 1. The number of nitrogens with one attached hydrogen (secondary N) is 2. The molecular weight excluding hydrogens is 408 g/mol. The van der Waals surface area contributed by atoms with Crippen molar-refractivity contribution in [1.29, 1.82) is 0 Å². The highest BCUT2D eigenvalue weighted by Crippen LogP contribution is 2.26. The van der Waals surface area contributed by atoms with Crippen molar-refractivity contribution in [2.75, 3.05) is 13.6 Å². The van der Waals surface area contributed by atoms with Crippen LogP contribution in [0.3, 0.4) is 0 Å². The molecule has 0 saturated carbocycles. The summed E-state index contributed by atoms with van der Waals surface area (Å²) in [5.41, 5.74) is 0.0565. The van der Waals surface area contributed by atoms with Gasteiger partial charge in [0.1, 0.15) is 6.04 Å². The summed E-state index contributed by atoms with van der Waals surface area (Å²) >= 11 is 0. The minimum absolute atomic E-state index is 0.0309. The van der Waals surface area contributed by atoms with Crippen LogP contribution in [0.2, 0.25) is 0 Å². The standard InChI is InChI=1S/C21H20N2O8/c1-10(24)15-7-11(3-5-13(15)19(26)27)12-4-6-14(20(28)29)16(8-12)18(25)23-9-17(22-2)21(30)31/h3-8,17,22H,9H2,1-2H3,(H,23,25)(H,26,27)(H,28,29)(H,30,31). The molecule has 0 fully saturated rings. The normalized spacial score (nSPS) is 11.4. The van der Waals surface area contributed by atoms with Gasteiger partial charge in [-0.05, 0) is 49.4 Å². The molecule has 0 spiro atoms. The summed E-state index contributed by atoms with van der Waals surface area (Å²) < 4.78 is 0. The molecule has 1 atom stereocenters. The molecule has 0 aliphatic heterocycles. The molecule has 0 aliphatic carbocycles. The first-order valence-electron chi connectivity index (χ1n) is 9.01. The van der Waals surface area contributed by atoms with Gasteiger partial charge in [0.15, 0.2) is 5.78 Å². The predicted octanol–water partition coefficient (Wildman–Crippen LogP) is 1.35. The fourth-order valence-electron chi connectivity index (χ4n) is 2.90. The van der Waals surface area contributed by atoms with Crippen molar-refractivity contribution >= 4 is 29.6 Å². The number of carbonyl (C=O) groups is 5. The van der Waals surface area contributed by atoms with Crippen LogP contribution >= 0.6 is 0 Å². The zero-order valence-corrected chi connectivity index (χ0v) is 16.6. The van der Waals surface area contributed by atoms with Crippen LogP contribution < -0.4 is 10.6 Å². The largest absolute Gasteiger partial charge is 0.480 e. The number of benzene rings is 2. The first-order chi connectivity index (χ1) is 14.6. The van der Waals surface area contributed by atoms with E-state index in [0.717, 1.165) is 0 Å². The van der Waals surface area contributed by atoms with Crippen LogP contribution in [-0.4, -0.2) is 64.6 Å². The van der Waals surface area contributed by atoms with Gasteiger partial charge in [-0.15, -0.1) is 0 Å². The van der Waals surface area contributed by atoms with Gasteiger partial charge in [0.2, 0.25) is 0 Å². The Balaban J connectivity index is 2.48. The van der Waals surface area contributed by atoms with E-state index >= 15 is 0 Å². The monoisotopic (exact) mass is 428 g/mol. The number of hydrogen-bond acceptors (Lipinski definition) is 6. The second-order valence-electron chi connectivity index (χ2n) is 6.58. The van der Waals surface area contributed by atoms with E-state index in [9.17, 15) is 34.2 Å². The number of carboxylic acids is 3. The number of rotatable bonds is 9. The van der Waals surface area contributed by atoms with Crippen molar-refractivity contribution < 1.29 is 39.3 Å². The highest BCUT2D eigenvalue weighted by Gasteiger charge is 2.21. The smallest absolute Gasteiger partial charge is 0.336 e. The molecule has 0 aliphatic rings. The van der Waals surface area contributed by atoms with E-state index in [-0.39, 0.29) is 28.8 Å². The molecule has 10 heteroatoms. The number of carbonyl (C=O) groups excluding carboxylic acids is 2. The average Bonchev–Trinajstić information content (AvgIpc) is 2.72. The molecule has 0 aromatic heterocycles. The fraction of sp³-hybridized carbons (Fsp3) is 0.190. The van der Waals surface area contributed by atoms with E-state index in [1.54, 1.807) is 0 Å². The molecule has 1 unspecified atom stereocenters. The third kappa shape index (κ3) is 5.31. The van der Waals surface area contributed by atoms with Crippen molar-refractivity contribution in [3.8, 4) is 11.1 Å². The van der Waals surface area contributed by atoms with Gasteiger partial charge < -0.3 is 26.0 Å². The number of hydrogen-bond donors (Lipinski definition) is 5. The van der Waals surface area contributed by atoms with Crippen molar-refractivity contribution in [3.63, 3.8) is 0 Å². The van der Waals surface area contributed by atoms with E-state index < -0.39 is 35.6 Å². The number of ketones is 1. The third-order valence-corrected chi connectivity index (χ3v) is 4.57. The molecule has 0 radical (unpaired) electrons. The van der Waals surface area contributed by atoms with Gasteiger partial charge >= 0.3 is 17.9 Å². The van der Waals surface area contributed by atoms with Crippen molar-refractivity contribution in [3.05, 3.63) is 58.7 Å². The Morgan fingerprint density at radius 2 is 1.29 bits per heavy atom. The Kier molecular flexibility index (Phi) is 7.22. The molecular formula is C21H20N2O8. The Morgan fingerprint density at radius 3 is 1.71 bits per heavy atom. The molecule has 1 amide bonds. The number of aliphatic carboxylic acids is 1. The van der Waals surface area contributed by atoms with E-state index in [1.165, 1.54) is 50.4 Å². The van der Waals surface area contributed by atoms with Gasteiger partial charge in [0.25, 0.3) is 5.91 Å². The molecule has 2 aromatic carbocycles. The molecule has 31 heavy (non-hydrogen) atoms. The summed E-state index contributed by atoms with van der Waals surface area (Å²) in [5.74, 6) is -5.08. The fourth-order valence-corrected chi connectivity index (χ4v) is 2.90. The number of aromatic carboxylic acids is 2. The van der Waals surface area contributed by atoms with Crippen molar-refractivity contribution in [2.45, 2.75) is 13.0 Å². The molecule has 2 rings (SSSR count). The molecule has 162 valence electrons. The number of amides is 1. The van der Waals surface area contributed by atoms with Gasteiger partial charge in [-0.3, -0.25) is 14.4 Å². The van der Waals surface area contributed by atoms with Crippen LogP contribution in [0.1, 0.15) is 48.4 Å². The van der Waals surface area contributed by atoms with Crippen LogP contribution in [0.5, 0.6) is 0 Å². The van der Waals surface area contributed by atoms with Gasteiger partial charge in [-0.25, -0.2) is 9.59 Å². The number of carboxylic acid groups (broad SMARTS) is 3. The molecule has 10 nitrogen and oxygen atoms in total. The van der Waals surface area contributed by atoms with Crippen LogP contribution in [0, 0.1) is 0 Å². The summed E-state index contributed by atoms with van der Waals surface area (Å²) in [5, 5.41) is 32.6. The maximum Gasteiger partial charge on any atom is 0.336 e. The van der Waals surface area contributed by atoms with Gasteiger partial charge in [-0.1, -0.05) is 12.1 Å². The van der Waals surface area contributed by atoms with E-state index in [1.807, 2.05) is 0 Å². The lowest BCUT2D eigenvalue weighted by Gasteiger charge is -2.14. The molecule has 2 aromatic rings. The lowest BCUT2D eigenvalue weighted by Crippen LogP contribution is -2.44. The third-order valence-electron chi connectivity index (χ3n) is 4.57. The summed E-state index contributed by atoms with van der Waals surface area (Å²) in [7, 11) is 1.40. The SMILES string of the molecule is CNC(CNC(=O)c1cc(-c2ccc(C(=O)O)c(C(C)=O)c2)ccc1C(=O)O)C(=O)O. The highest BCUT2D eigenvalue weighted by atomic mass is 16.4. The van der Waals surface area contributed by atoms with Gasteiger partial charge in [0, 0.05) is 12.1 Å². The molecule has 0 bridgehead atoms. The first-order valence-corrected chi connectivity index (χ1v) is 9.01. The van der Waals surface area contributed by atoms with Crippen LogP contribution in [0.15, 0.2) is 36.4 Å². The lowest BCUT2D eigenvalue weighted by atomic mass is 9.94. The van der Waals surface area contributed by atoms with Crippen LogP contribution in [-0.2, 0) is 4.79 Å². The second-order valence-corrected chi connectivity index (χ2v) is 6.58. The van der Waals surface area contributed by atoms with E-state index in [2.05, 4.69) is 10.6 Å². The topological polar surface area (TPSA) is 170 Å². The van der Waals surface area contributed by atoms with Gasteiger partial charge in [0.05, 0.1) is 16.7 Å². The predicted molar refractivity (Wildman–Crippen MR) is 109 cm³/mol. The van der Waals surface area contributed by atoms with Crippen molar-refractivity contribution in [1.82, 2.24) is 10.6 Å². The Morgan fingerprint density at radius 1 is 0.806 bits per heavy atom. The van der Waals surface area contributed by atoms with E-state index in [4.69, 9.17) is 5.11 Å². The molecule has 5 N–H and O–H groups in total. The minimum atomic E-state index is -1.36. The summed E-state index contributed by atoms with van der Waals surface area (Å²) in [6.07, 6.45) is 0. The van der Waals surface area contributed by atoms with E-state index in [0.29, 0.717) is 11.1 Å². The quantitative estimate of drug-likeness (QED) is 0.370. The maximum atomic E-state index is 12.6. The highest BCUT2D eigenvalue weighted by molar-refractivity contribution is 6.07. The van der Waals surface area contributed by atoms with Crippen LogP contribution in [0.4, 0.5) is 0 Å². The minimum Gasteiger partial charge on any atom is -0.480 e. The zero-order chi connectivity index (χ0) is 23.3. The summed E-state index contributed by atoms with van der Waals surface area (Å²) in [6.45, 7) is 0.939. The summed E-state index contributed by atoms with van der Waals surface area (Å²) in [4.78, 5) is 58.4. The first kappa shape index (κ1) is 23.2. The van der Waals surface area contributed by atoms with Crippen LogP contribution in [0.25, 0.3) is 11.1 Å². The Hall–Kier alpha value is -4.05. The van der Waals surface area contributed by atoms with Crippen molar-refractivity contribution in [2.24, 2.45) is 0 Å². The molecule has 0 saturated heterocycles. The Labute approximate surface area is 176 Å². The number of Topliss-reactive ketones (excluding diaryl/α,β-unsaturated/α-hetero) is 1. The second kappa shape index (κ2) is 9.63. The zero-order valence-electron chi connectivity index (χ0n) is 16.6. The van der Waals surface area contributed by atoms with Gasteiger partial charge in [-0.2, -0.15) is 0 Å². The summed E-state index contributed by atoms with van der Waals surface area (Å²) in [6, 6.07) is 6.89. The Bertz CT molecular complexity index is 1080. The average molecular weight is 428 g/mol.